The van der Waals surface area contributed by atoms with E-state index in [1.54, 1.807) is 0 Å². The van der Waals surface area contributed by atoms with Gasteiger partial charge in [0.2, 0.25) is 0 Å². The van der Waals surface area contributed by atoms with Crippen molar-refractivity contribution in [2.24, 2.45) is 0 Å². The van der Waals surface area contributed by atoms with E-state index in [1.807, 2.05) is 13.0 Å². The number of aliphatic hydroxyl groups excluding tert-OH is 1. The highest BCUT2D eigenvalue weighted by Gasteiger charge is 2.28. The summed E-state index contributed by atoms with van der Waals surface area (Å²) in [5.41, 5.74) is 2.74. The van der Waals surface area contributed by atoms with Gasteiger partial charge < -0.3 is 5.11 Å². The molecule has 58 valence electrons. The largest absolute Gasteiger partial charge is 0.393 e. The second-order valence-electron chi connectivity index (χ2n) is 3.25. The van der Waals surface area contributed by atoms with Crippen LogP contribution in [0.25, 0.3) is 0 Å². The Labute approximate surface area is 66.7 Å². The quantitative estimate of drug-likeness (QED) is 0.642. The lowest BCUT2D eigenvalue weighted by Gasteiger charge is -2.32. The van der Waals surface area contributed by atoms with Crippen LogP contribution in [0.3, 0.4) is 0 Å². The molecule has 1 aromatic rings. The average molecular weight is 148 g/mol. The first kappa shape index (κ1) is 6.86. The maximum absolute atomic E-state index is 9.32. The fourth-order valence-electron chi connectivity index (χ4n) is 1.73. The zero-order valence-electron chi connectivity index (χ0n) is 6.62. The topological polar surface area (TPSA) is 20.2 Å². The van der Waals surface area contributed by atoms with Crippen molar-refractivity contribution in [3.8, 4) is 0 Å². The van der Waals surface area contributed by atoms with Crippen LogP contribution >= 0.6 is 0 Å². The molecule has 2 unspecified atom stereocenters. The van der Waals surface area contributed by atoms with Crippen molar-refractivity contribution in [2.45, 2.75) is 25.4 Å². The summed E-state index contributed by atoms with van der Waals surface area (Å²) in [5.74, 6) is 0.395. The highest BCUT2D eigenvalue weighted by molar-refractivity contribution is 5.40. The smallest absolute Gasteiger partial charge is 0.0583 e. The molecule has 0 saturated heterocycles. The highest BCUT2D eigenvalue weighted by atomic mass is 16.3. The number of rotatable bonds is 1. The van der Waals surface area contributed by atoms with Crippen LogP contribution in [0.1, 0.15) is 24.0 Å². The molecule has 0 aromatic heterocycles. The van der Waals surface area contributed by atoms with Crippen molar-refractivity contribution in [3.63, 3.8) is 0 Å². The van der Waals surface area contributed by atoms with E-state index in [-0.39, 0.29) is 6.10 Å². The molecule has 2 atom stereocenters. The van der Waals surface area contributed by atoms with Crippen molar-refractivity contribution in [1.29, 1.82) is 0 Å². The van der Waals surface area contributed by atoms with Crippen LogP contribution in [-0.4, -0.2) is 11.2 Å². The zero-order valence-corrected chi connectivity index (χ0v) is 6.62. The second-order valence-corrected chi connectivity index (χ2v) is 3.25. The standard InChI is InChI=1S/C10H12O/c1-7(11)10-6-8-4-2-3-5-9(8)10/h2-5,7,10-11H,6H2,1H3. The van der Waals surface area contributed by atoms with Gasteiger partial charge in [-0.05, 0) is 24.5 Å². The second kappa shape index (κ2) is 2.35. The predicted octanol–water partition coefficient (Wildman–Crippen LogP) is 1.71. The Kier molecular flexibility index (Phi) is 1.46. The number of benzene rings is 1. The molecule has 0 heterocycles. The van der Waals surface area contributed by atoms with Gasteiger partial charge in [-0.2, -0.15) is 0 Å². The fraction of sp³-hybridized carbons (Fsp3) is 0.400. The Morgan fingerprint density at radius 2 is 2.18 bits per heavy atom. The molecule has 1 nitrogen and oxygen atoms in total. The maximum Gasteiger partial charge on any atom is 0.0583 e. The molecule has 0 fully saturated rings. The lowest BCUT2D eigenvalue weighted by molar-refractivity contribution is 0.152. The summed E-state index contributed by atoms with van der Waals surface area (Å²) in [6.07, 6.45) is 0.860. The molecule has 0 saturated carbocycles. The summed E-state index contributed by atoms with van der Waals surface area (Å²) < 4.78 is 0. The lowest BCUT2D eigenvalue weighted by atomic mass is 9.75. The van der Waals surface area contributed by atoms with Crippen molar-refractivity contribution >= 4 is 0 Å². The molecule has 1 aliphatic carbocycles. The van der Waals surface area contributed by atoms with Gasteiger partial charge in [0, 0.05) is 5.92 Å². The van der Waals surface area contributed by atoms with Crippen molar-refractivity contribution < 1.29 is 5.11 Å². The zero-order chi connectivity index (χ0) is 7.84. The van der Waals surface area contributed by atoms with Crippen LogP contribution in [0.5, 0.6) is 0 Å². The molecule has 1 aliphatic rings. The molecule has 1 aromatic carbocycles. The Morgan fingerprint density at radius 3 is 2.82 bits per heavy atom. The van der Waals surface area contributed by atoms with E-state index in [0.717, 1.165) is 6.42 Å². The molecule has 0 bridgehead atoms. The van der Waals surface area contributed by atoms with Gasteiger partial charge in [-0.15, -0.1) is 0 Å². The maximum atomic E-state index is 9.32. The van der Waals surface area contributed by atoms with Gasteiger partial charge in [-0.1, -0.05) is 24.3 Å². The number of fused-ring (bicyclic) bond motifs is 1. The van der Waals surface area contributed by atoms with Gasteiger partial charge in [-0.25, -0.2) is 0 Å². The van der Waals surface area contributed by atoms with E-state index in [2.05, 4.69) is 18.2 Å². The normalized spacial score (nSPS) is 23.6. The first-order valence-electron chi connectivity index (χ1n) is 4.05. The number of hydrogen-bond donors (Lipinski definition) is 1. The fourth-order valence-corrected chi connectivity index (χ4v) is 1.73. The third-order valence-electron chi connectivity index (χ3n) is 2.48. The molecular weight excluding hydrogens is 136 g/mol. The van der Waals surface area contributed by atoms with E-state index < -0.39 is 0 Å². The van der Waals surface area contributed by atoms with E-state index in [4.69, 9.17) is 0 Å². The van der Waals surface area contributed by atoms with Crippen LogP contribution < -0.4 is 0 Å². The average Bonchev–Trinajstić information content (AvgIpc) is 1.90. The predicted molar refractivity (Wildman–Crippen MR) is 44.6 cm³/mol. The Balaban J connectivity index is 2.29. The van der Waals surface area contributed by atoms with Gasteiger partial charge in [0.1, 0.15) is 0 Å². The minimum atomic E-state index is -0.190. The number of aliphatic hydroxyl groups is 1. The monoisotopic (exact) mass is 148 g/mol. The summed E-state index contributed by atoms with van der Waals surface area (Å²) >= 11 is 0. The Hall–Kier alpha value is -0.820. The molecule has 0 amide bonds. The third kappa shape index (κ3) is 0.962. The highest BCUT2D eigenvalue weighted by Crippen LogP contribution is 2.36. The van der Waals surface area contributed by atoms with E-state index in [0.29, 0.717) is 5.92 Å². The van der Waals surface area contributed by atoms with Gasteiger partial charge >= 0.3 is 0 Å². The van der Waals surface area contributed by atoms with E-state index in [1.165, 1.54) is 11.1 Å². The van der Waals surface area contributed by atoms with Gasteiger partial charge in [0.25, 0.3) is 0 Å². The van der Waals surface area contributed by atoms with Gasteiger partial charge in [0.15, 0.2) is 0 Å². The number of hydrogen-bond acceptors (Lipinski definition) is 1. The van der Waals surface area contributed by atoms with Crippen LogP contribution in [-0.2, 0) is 6.42 Å². The summed E-state index contributed by atoms with van der Waals surface area (Å²) in [7, 11) is 0. The van der Waals surface area contributed by atoms with Gasteiger partial charge in [-0.3, -0.25) is 0 Å². The minimum Gasteiger partial charge on any atom is -0.393 e. The molecule has 1 heteroatoms. The summed E-state index contributed by atoms with van der Waals surface area (Å²) in [4.78, 5) is 0. The summed E-state index contributed by atoms with van der Waals surface area (Å²) in [5, 5.41) is 9.32. The molecule has 0 spiro atoms. The molecule has 11 heavy (non-hydrogen) atoms. The summed E-state index contributed by atoms with van der Waals surface area (Å²) in [6.45, 7) is 1.86. The first-order valence-corrected chi connectivity index (χ1v) is 4.05. The lowest BCUT2D eigenvalue weighted by Crippen LogP contribution is -2.26. The molecular formula is C10H12O. The summed E-state index contributed by atoms with van der Waals surface area (Å²) in [6, 6.07) is 8.33. The molecule has 2 rings (SSSR count). The Morgan fingerprint density at radius 1 is 1.45 bits per heavy atom. The molecule has 1 N–H and O–H groups in total. The van der Waals surface area contributed by atoms with Crippen LogP contribution in [0.2, 0.25) is 0 Å². The molecule has 0 aliphatic heterocycles. The van der Waals surface area contributed by atoms with E-state index in [9.17, 15) is 5.11 Å². The van der Waals surface area contributed by atoms with Crippen LogP contribution in [0.4, 0.5) is 0 Å². The first-order chi connectivity index (χ1) is 5.29. The Bertz CT molecular complexity index is 265. The van der Waals surface area contributed by atoms with Crippen LogP contribution in [0.15, 0.2) is 24.3 Å². The molecule has 0 radical (unpaired) electrons. The van der Waals surface area contributed by atoms with Crippen molar-refractivity contribution in [1.82, 2.24) is 0 Å². The van der Waals surface area contributed by atoms with Crippen molar-refractivity contribution in [3.05, 3.63) is 35.4 Å². The van der Waals surface area contributed by atoms with Gasteiger partial charge in [0.05, 0.1) is 6.10 Å². The minimum absolute atomic E-state index is 0.190. The third-order valence-corrected chi connectivity index (χ3v) is 2.48. The van der Waals surface area contributed by atoms with E-state index >= 15 is 0 Å². The SMILES string of the molecule is CC(O)C1Cc2ccccc21. The van der Waals surface area contributed by atoms with Crippen molar-refractivity contribution in [2.75, 3.05) is 0 Å². The van der Waals surface area contributed by atoms with Crippen LogP contribution in [0, 0.1) is 0 Å².